The smallest absolute Gasteiger partial charge is 0.490 e. The summed E-state index contributed by atoms with van der Waals surface area (Å²) in [4.78, 5) is 23.5. The molecular formula is C23H31F3N2O6. The number of hydrogen-bond donors (Lipinski definition) is 2. The van der Waals surface area contributed by atoms with Crippen LogP contribution < -0.4 is 10.1 Å². The van der Waals surface area contributed by atoms with Gasteiger partial charge in [-0.15, -0.1) is 0 Å². The second-order valence-corrected chi connectivity index (χ2v) is 8.77. The predicted molar refractivity (Wildman–Crippen MR) is 116 cm³/mol. The van der Waals surface area contributed by atoms with Crippen molar-refractivity contribution in [1.82, 2.24) is 10.2 Å². The van der Waals surface area contributed by atoms with Crippen LogP contribution in [0.4, 0.5) is 13.2 Å². The number of carboxylic acids is 1. The maximum absolute atomic E-state index is 12.1. The first-order chi connectivity index (χ1) is 16.1. The van der Waals surface area contributed by atoms with Crippen molar-refractivity contribution in [1.29, 1.82) is 0 Å². The van der Waals surface area contributed by atoms with Crippen LogP contribution in [0, 0.1) is 0 Å². The van der Waals surface area contributed by atoms with Crippen LogP contribution in [0.5, 0.6) is 5.75 Å². The van der Waals surface area contributed by atoms with Crippen LogP contribution >= 0.6 is 0 Å². The minimum absolute atomic E-state index is 0.0527. The Morgan fingerprint density at radius 1 is 1.29 bits per heavy atom. The molecule has 8 nitrogen and oxygen atoms in total. The lowest BCUT2D eigenvalue weighted by atomic mass is 9.78. The van der Waals surface area contributed by atoms with Gasteiger partial charge in [-0.3, -0.25) is 9.69 Å². The van der Waals surface area contributed by atoms with E-state index < -0.39 is 12.1 Å². The van der Waals surface area contributed by atoms with E-state index in [4.69, 9.17) is 24.1 Å². The molecule has 34 heavy (non-hydrogen) atoms. The summed E-state index contributed by atoms with van der Waals surface area (Å²) in [7, 11) is 1.55. The lowest BCUT2D eigenvalue weighted by molar-refractivity contribution is -0.192. The predicted octanol–water partition coefficient (Wildman–Crippen LogP) is 2.53. The number of carbonyl (C=O) groups excluding carboxylic acids is 1. The van der Waals surface area contributed by atoms with Crippen molar-refractivity contribution in [2.75, 3.05) is 40.0 Å². The number of benzene rings is 1. The number of morpholine rings is 1. The molecule has 1 aromatic carbocycles. The van der Waals surface area contributed by atoms with Gasteiger partial charge < -0.3 is 24.6 Å². The lowest BCUT2D eigenvalue weighted by Crippen LogP contribution is -2.64. The van der Waals surface area contributed by atoms with Crippen LogP contribution in [0.15, 0.2) is 18.2 Å². The summed E-state index contributed by atoms with van der Waals surface area (Å²) in [5.74, 6) is -1.78. The van der Waals surface area contributed by atoms with Crippen molar-refractivity contribution in [3.05, 3.63) is 29.3 Å². The number of halogens is 3. The fourth-order valence-electron chi connectivity index (χ4n) is 4.76. The Labute approximate surface area is 196 Å². The number of carboxylic acid groups (broad SMARTS) is 1. The van der Waals surface area contributed by atoms with Crippen molar-refractivity contribution in [3.63, 3.8) is 0 Å². The van der Waals surface area contributed by atoms with E-state index in [-0.39, 0.29) is 24.2 Å². The molecule has 4 rings (SSSR count). The first kappa shape index (κ1) is 26.2. The SMILES string of the molecule is COCC(=O)NC1CCCCC12CN(Cc1ccc3c(c1)CCO3)CCO2.O=C(O)C(F)(F)F. The number of carbonyl (C=O) groups is 2. The molecule has 1 aromatic rings. The number of fused-ring (bicyclic) bond motifs is 1. The van der Waals surface area contributed by atoms with E-state index in [9.17, 15) is 18.0 Å². The Balaban J connectivity index is 0.000000406. The molecule has 1 amide bonds. The van der Waals surface area contributed by atoms with Gasteiger partial charge in [0.15, 0.2) is 0 Å². The zero-order valence-corrected chi connectivity index (χ0v) is 19.2. The molecule has 2 unspecified atom stereocenters. The first-order valence-corrected chi connectivity index (χ1v) is 11.3. The molecule has 0 radical (unpaired) electrons. The maximum atomic E-state index is 12.1. The number of aliphatic carboxylic acids is 1. The average Bonchev–Trinajstić information content (AvgIpc) is 3.24. The topological polar surface area (TPSA) is 97.3 Å². The number of amides is 1. The van der Waals surface area contributed by atoms with E-state index in [2.05, 4.69) is 28.4 Å². The zero-order valence-electron chi connectivity index (χ0n) is 19.2. The molecule has 2 fully saturated rings. The van der Waals surface area contributed by atoms with Crippen molar-refractivity contribution >= 4 is 11.9 Å². The quantitative estimate of drug-likeness (QED) is 0.658. The molecule has 1 aliphatic carbocycles. The fraction of sp³-hybridized carbons (Fsp3) is 0.652. The molecule has 3 aliphatic rings. The molecule has 1 saturated carbocycles. The molecule has 190 valence electrons. The highest BCUT2D eigenvalue weighted by molar-refractivity contribution is 5.77. The number of alkyl halides is 3. The molecule has 1 spiro atoms. The van der Waals surface area contributed by atoms with Crippen molar-refractivity contribution in [3.8, 4) is 5.75 Å². The second-order valence-electron chi connectivity index (χ2n) is 8.77. The number of methoxy groups -OCH3 is 1. The van der Waals surface area contributed by atoms with Gasteiger partial charge in [-0.1, -0.05) is 25.0 Å². The van der Waals surface area contributed by atoms with Gasteiger partial charge in [0.1, 0.15) is 18.0 Å². The summed E-state index contributed by atoms with van der Waals surface area (Å²) in [6.07, 6.45) is 0.178. The molecular weight excluding hydrogens is 457 g/mol. The third-order valence-electron chi connectivity index (χ3n) is 6.28. The average molecular weight is 489 g/mol. The standard InChI is InChI=1S/C21H30N2O4.C2HF3O2/c1-25-14-20(24)22-19-4-2-3-8-21(19)15-23(9-11-27-21)13-16-5-6-18-17(12-16)7-10-26-18;3-2(4,5)1(6)7/h5-6,12,19H,2-4,7-11,13-15H2,1H3,(H,22,24);(H,6,7). The molecule has 2 N–H and O–H groups in total. The number of nitrogens with one attached hydrogen (secondary N) is 1. The number of hydrogen-bond acceptors (Lipinski definition) is 6. The largest absolute Gasteiger partial charge is 0.493 e. The Morgan fingerprint density at radius 2 is 2.06 bits per heavy atom. The third kappa shape index (κ3) is 6.83. The van der Waals surface area contributed by atoms with E-state index in [1.54, 1.807) is 7.11 Å². The van der Waals surface area contributed by atoms with Gasteiger partial charge in [-0.05, 0) is 30.0 Å². The van der Waals surface area contributed by atoms with E-state index in [1.807, 2.05) is 0 Å². The fourth-order valence-corrected chi connectivity index (χ4v) is 4.76. The highest BCUT2D eigenvalue weighted by Gasteiger charge is 2.45. The van der Waals surface area contributed by atoms with Crippen molar-refractivity contribution < 1.29 is 42.1 Å². The lowest BCUT2D eigenvalue weighted by Gasteiger charge is -2.49. The Morgan fingerprint density at radius 3 is 2.76 bits per heavy atom. The summed E-state index contributed by atoms with van der Waals surface area (Å²) in [6.45, 7) is 4.31. The highest BCUT2D eigenvalue weighted by Crippen LogP contribution is 2.36. The zero-order chi connectivity index (χ0) is 24.8. The van der Waals surface area contributed by atoms with Gasteiger partial charge in [0.2, 0.25) is 5.91 Å². The Bertz CT molecular complexity index is 862. The molecule has 11 heteroatoms. The van der Waals surface area contributed by atoms with Gasteiger partial charge in [0.05, 0.1) is 19.3 Å². The van der Waals surface area contributed by atoms with E-state index >= 15 is 0 Å². The van der Waals surface area contributed by atoms with Gasteiger partial charge in [0.25, 0.3) is 0 Å². The van der Waals surface area contributed by atoms with Gasteiger partial charge in [-0.2, -0.15) is 13.2 Å². The minimum atomic E-state index is -5.08. The summed E-state index contributed by atoms with van der Waals surface area (Å²) in [5.41, 5.74) is 2.37. The normalized spacial score (nSPS) is 24.5. The van der Waals surface area contributed by atoms with E-state index in [1.165, 1.54) is 11.1 Å². The van der Waals surface area contributed by atoms with Crippen LogP contribution in [0.25, 0.3) is 0 Å². The number of ether oxygens (including phenoxy) is 3. The summed E-state index contributed by atoms with van der Waals surface area (Å²) in [6, 6.07) is 6.61. The summed E-state index contributed by atoms with van der Waals surface area (Å²) < 4.78 is 48.7. The number of nitrogens with zero attached hydrogens (tertiary/aromatic N) is 1. The van der Waals surface area contributed by atoms with Crippen LogP contribution in [-0.4, -0.2) is 79.7 Å². The Hall–Kier alpha value is -2.37. The summed E-state index contributed by atoms with van der Waals surface area (Å²) in [5, 5.41) is 10.3. The molecule has 0 bridgehead atoms. The first-order valence-electron chi connectivity index (χ1n) is 11.3. The molecule has 2 heterocycles. The Kier molecular flexibility index (Phi) is 8.78. The van der Waals surface area contributed by atoms with Crippen LogP contribution in [0.2, 0.25) is 0 Å². The number of rotatable bonds is 5. The van der Waals surface area contributed by atoms with Gasteiger partial charge in [0, 0.05) is 33.2 Å². The molecule has 2 atom stereocenters. The van der Waals surface area contributed by atoms with Crippen LogP contribution in [0.1, 0.15) is 36.8 Å². The highest BCUT2D eigenvalue weighted by atomic mass is 19.4. The van der Waals surface area contributed by atoms with E-state index in [0.29, 0.717) is 6.61 Å². The van der Waals surface area contributed by atoms with Crippen LogP contribution in [0.3, 0.4) is 0 Å². The summed E-state index contributed by atoms with van der Waals surface area (Å²) >= 11 is 0. The van der Waals surface area contributed by atoms with Crippen molar-refractivity contribution in [2.24, 2.45) is 0 Å². The molecule has 2 aliphatic heterocycles. The van der Waals surface area contributed by atoms with E-state index in [0.717, 1.165) is 64.1 Å². The van der Waals surface area contributed by atoms with Gasteiger partial charge in [-0.25, -0.2) is 4.79 Å². The van der Waals surface area contributed by atoms with Crippen molar-refractivity contribution in [2.45, 2.75) is 56.5 Å². The van der Waals surface area contributed by atoms with Gasteiger partial charge >= 0.3 is 12.1 Å². The van der Waals surface area contributed by atoms with Crippen LogP contribution in [-0.2, 0) is 32.0 Å². The minimum Gasteiger partial charge on any atom is -0.493 e. The second kappa shape index (κ2) is 11.4. The molecule has 1 saturated heterocycles. The third-order valence-corrected chi connectivity index (χ3v) is 6.28. The monoisotopic (exact) mass is 488 g/mol. The maximum Gasteiger partial charge on any atom is 0.490 e. The molecule has 0 aromatic heterocycles.